The molecule has 1 nitrogen and oxygen atoms in total. The van der Waals surface area contributed by atoms with Crippen LogP contribution in [0.2, 0.25) is 0 Å². The lowest BCUT2D eigenvalue weighted by Gasteiger charge is -2.33. The molecule has 1 heteroatoms. The molecule has 1 aliphatic heterocycles. The summed E-state index contributed by atoms with van der Waals surface area (Å²) in [6, 6.07) is 0. The number of nitrogens with zero attached hydrogens (tertiary/aromatic N) is 1. The molecule has 0 amide bonds. The Morgan fingerprint density at radius 3 is 2.36 bits per heavy atom. The lowest BCUT2D eigenvalue weighted by atomic mass is 9.78. The van der Waals surface area contributed by atoms with Gasteiger partial charge in [0.25, 0.3) is 0 Å². The van der Waals surface area contributed by atoms with Crippen molar-refractivity contribution in [3.05, 3.63) is 12.3 Å². The number of hydrogen-bond donors (Lipinski definition) is 0. The smallest absolute Gasteiger partial charge is 0.0174 e. The van der Waals surface area contributed by atoms with Crippen molar-refractivity contribution in [2.75, 3.05) is 13.6 Å². The summed E-state index contributed by atoms with van der Waals surface area (Å²) in [4.78, 5) is 2.25. The van der Waals surface area contributed by atoms with Gasteiger partial charge in [-0.2, -0.15) is 0 Å². The van der Waals surface area contributed by atoms with Crippen molar-refractivity contribution in [3.63, 3.8) is 0 Å². The van der Waals surface area contributed by atoms with E-state index in [0.29, 0.717) is 5.41 Å². The monoisotopic (exact) mass is 153 g/mol. The van der Waals surface area contributed by atoms with Gasteiger partial charge in [0.1, 0.15) is 0 Å². The molecule has 0 aliphatic carbocycles. The van der Waals surface area contributed by atoms with Crippen molar-refractivity contribution in [2.45, 2.75) is 27.2 Å². The second-order valence-electron chi connectivity index (χ2n) is 4.58. The van der Waals surface area contributed by atoms with Gasteiger partial charge in [0.15, 0.2) is 0 Å². The number of allylic oxidation sites excluding steroid dienone is 1. The molecule has 0 saturated heterocycles. The van der Waals surface area contributed by atoms with Gasteiger partial charge in [-0.3, -0.25) is 0 Å². The average Bonchev–Trinajstić information content (AvgIpc) is 1.86. The summed E-state index contributed by atoms with van der Waals surface area (Å²) < 4.78 is 0. The molecule has 0 N–H and O–H groups in total. The Labute approximate surface area is 70.1 Å². The highest BCUT2D eigenvalue weighted by atomic mass is 15.1. The molecule has 1 aliphatic rings. The van der Waals surface area contributed by atoms with Gasteiger partial charge in [-0.25, -0.2) is 0 Å². The summed E-state index contributed by atoms with van der Waals surface area (Å²) in [6.45, 7) is 8.15. The summed E-state index contributed by atoms with van der Waals surface area (Å²) in [5.41, 5.74) is 0.442. The Bertz CT molecular complexity index is 153. The summed E-state index contributed by atoms with van der Waals surface area (Å²) in [6.07, 6.45) is 5.85. The largest absolute Gasteiger partial charge is 0.381 e. The van der Waals surface area contributed by atoms with Gasteiger partial charge >= 0.3 is 0 Å². The molecular weight excluding hydrogens is 134 g/mol. The standard InChI is InChI=1S/C10H19N/c1-10(2,3)9-5-7-11(4)8-6-9/h5,7,9H,6,8H2,1-4H3. The maximum absolute atomic E-state index is 2.34. The van der Waals surface area contributed by atoms with E-state index in [1.54, 1.807) is 0 Å². The fraction of sp³-hybridized carbons (Fsp3) is 0.800. The number of rotatable bonds is 0. The minimum Gasteiger partial charge on any atom is -0.381 e. The molecule has 1 atom stereocenters. The maximum Gasteiger partial charge on any atom is 0.0174 e. The molecule has 11 heavy (non-hydrogen) atoms. The molecule has 0 radical (unpaired) electrons. The van der Waals surface area contributed by atoms with Crippen molar-refractivity contribution in [3.8, 4) is 0 Å². The molecule has 0 spiro atoms. The second kappa shape index (κ2) is 2.88. The molecule has 0 bridgehead atoms. The van der Waals surface area contributed by atoms with E-state index in [1.165, 1.54) is 13.0 Å². The minimum absolute atomic E-state index is 0.442. The molecule has 0 fully saturated rings. The van der Waals surface area contributed by atoms with Gasteiger partial charge in [0.2, 0.25) is 0 Å². The predicted molar refractivity (Wildman–Crippen MR) is 49.3 cm³/mol. The van der Waals surface area contributed by atoms with Gasteiger partial charge in [-0.1, -0.05) is 26.8 Å². The SMILES string of the molecule is CN1C=CC(C(C)(C)C)CC1. The fourth-order valence-electron chi connectivity index (χ4n) is 1.49. The van der Waals surface area contributed by atoms with Crippen molar-refractivity contribution in [1.82, 2.24) is 4.90 Å². The van der Waals surface area contributed by atoms with Crippen LogP contribution in [0.4, 0.5) is 0 Å². The fourth-order valence-corrected chi connectivity index (χ4v) is 1.49. The number of hydrogen-bond acceptors (Lipinski definition) is 1. The minimum atomic E-state index is 0.442. The zero-order valence-electron chi connectivity index (χ0n) is 8.09. The van der Waals surface area contributed by atoms with Crippen LogP contribution in [0.3, 0.4) is 0 Å². The van der Waals surface area contributed by atoms with Crippen LogP contribution in [-0.2, 0) is 0 Å². The first-order chi connectivity index (χ1) is 5.00. The van der Waals surface area contributed by atoms with Gasteiger partial charge in [0, 0.05) is 13.6 Å². The molecule has 1 rings (SSSR count). The van der Waals surface area contributed by atoms with E-state index in [1.807, 2.05) is 0 Å². The van der Waals surface area contributed by atoms with Crippen LogP contribution < -0.4 is 0 Å². The summed E-state index contributed by atoms with van der Waals surface area (Å²) in [7, 11) is 2.13. The highest BCUT2D eigenvalue weighted by molar-refractivity contribution is 4.97. The van der Waals surface area contributed by atoms with E-state index in [0.717, 1.165) is 5.92 Å². The third kappa shape index (κ3) is 2.25. The highest BCUT2D eigenvalue weighted by Crippen LogP contribution is 2.31. The van der Waals surface area contributed by atoms with Crippen molar-refractivity contribution in [2.24, 2.45) is 11.3 Å². The molecule has 1 unspecified atom stereocenters. The van der Waals surface area contributed by atoms with Crippen molar-refractivity contribution >= 4 is 0 Å². The van der Waals surface area contributed by atoms with E-state index in [9.17, 15) is 0 Å². The molecule has 1 heterocycles. The molecular formula is C10H19N. The summed E-state index contributed by atoms with van der Waals surface area (Å²) in [5, 5.41) is 0. The van der Waals surface area contributed by atoms with Crippen molar-refractivity contribution in [1.29, 1.82) is 0 Å². The predicted octanol–water partition coefficient (Wildman–Crippen LogP) is 2.50. The van der Waals surface area contributed by atoms with E-state index < -0.39 is 0 Å². The zero-order chi connectivity index (χ0) is 8.48. The summed E-state index contributed by atoms with van der Waals surface area (Å²) >= 11 is 0. The Kier molecular flexibility index (Phi) is 2.26. The lowest BCUT2D eigenvalue weighted by molar-refractivity contribution is 0.238. The second-order valence-corrected chi connectivity index (χ2v) is 4.58. The van der Waals surface area contributed by atoms with Gasteiger partial charge in [-0.15, -0.1) is 0 Å². The molecule has 64 valence electrons. The first-order valence-corrected chi connectivity index (χ1v) is 4.39. The van der Waals surface area contributed by atoms with E-state index in [2.05, 4.69) is 45.0 Å². The normalized spacial score (nSPS) is 25.8. The van der Waals surface area contributed by atoms with Crippen LogP contribution in [0.25, 0.3) is 0 Å². The van der Waals surface area contributed by atoms with E-state index in [-0.39, 0.29) is 0 Å². The Hall–Kier alpha value is -0.460. The summed E-state index contributed by atoms with van der Waals surface area (Å²) in [5.74, 6) is 0.763. The third-order valence-corrected chi connectivity index (χ3v) is 2.48. The van der Waals surface area contributed by atoms with E-state index >= 15 is 0 Å². The van der Waals surface area contributed by atoms with Crippen LogP contribution in [-0.4, -0.2) is 18.5 Å². The van der Waals surface area contributed by atoms with Crippen LogP contribution in [0, 0.1) is 11.3 Å². The molecule has 0 aromatic carbocycles. The van der Waals surface area contributed by atoms with Crippen LogP contribution in [0.15, 0.2) is 12.3 Å². The Morgan fingerprint density at radius 2 is 2.00 bits per heavy atom. The molecule has 0 aromatic rings. The Morgan fingerprint density at radius 1 is 1.36 bits per heavy atom. The Balaban J connectivity index is 2.57. The van der Waals surface area contributed by atoms with Gasteiger partial charge in [-0.05, 0) is 24.0 Å². The topological polar surface area (TPSA) is 3.24 Å². The van der Waals surface area contributed by atoms with E-state index in [4.69, 9.17) is 0 Å². The maximum atomic E-state index is 2.34. The highest BCUT2D eigenvalue weighted by Gasteiger charge is 2.23. The first-order valence-electron chi connectivity index (χ1n) is 4.39. The van der Waals surface area contributed by atoms with Crippen LogP contribution >= 0.6 is 0 Å². The molecule has 0 aromatic heterocycles. The zero-order valence-corrected chi connectivity index (χ0v) is 8.09. The van der Waals surface area contributed by atoms with Crippen LogP contribution in [0.5, 0.6) is 0 Å². The van der Waals surface area contributed by atoms with Crippen LogP contribution in [0.1, 0.15) is 27.2 Å². The van der Waals surface area contributed by atoms with Crippen molar-refractivity contribution < 1.29 is 0 Å². The molecule has 0 saturated carbocycles. The third-order valence-electron chi connectivity index (χ3n) is 2.48. The first kappa shape index (κ1) is 8.63. The average molecular weight is 153 g/mol. The van der Waals surface area contributed by atoms with Gasteiger partial charge < -0.3 is 4.90 Å². The quantitative estimate of drug-likeness (QED) is 0.517. The van der Waals surface area contributed by atoms with Gasteiger partial charge in [0.05, 0.1) is 0 Å². The lowest BCUT2D eigenvalue weighted by Crippen LogP contribution is -2.27.